The molecule has 102 valence electrons. The van der Waals surface area contributed by atoms with Crippen molar-refractivity contribution in [1.29, 1.82) is 0 Å². The standard InChI is InChI=1S/C13H14ClNO4/c1-19-13(18)9-4-12(17)15(6-9)11-5-10(14)3-2-8(11)7-16/h2-3,5,9,16H,4,6-7H2,1H3. The van der Waals surface area contributed by atoms with Crippen molar-refractivity contribution < 1.29 is 19.4 Å². The van der Waals surface area contributed by atoms with E-state index in [-0.39, 0.29) is 25.5 Å². The van der Waals surface area contributed by atoms with Gasteiger partial charge in [0.25, 0.3) is 0 Å². The number of amides is 1. The number of aliphatic hydroxyl groups excluding tert-OH is 1. The van der Waals surface area contributed by atoms with Gasteiger partial charge in [0.15, 0.2) is 0 Å². The van der Waals surface area contributed by atoms with Gasteiger partial charge in [-0.05, 0) is 12.1 Å². The third-order valence-electron chi connectivity index (χ3n) is 3.17. The van der Waals surface area contributed by atoms with Crippen LogP contribution >= 0.6 is 11.6 Å². The van der Waals surface area contributed by atoms with E-state index >= 15 is 0 Å². The molecule has 0 spiro atoms. The monoisotopic (exact) mass is 283 g/mol. The van der Waals surface area contributed by atoms with E-state index in [1.807, 2.05) is 0 Å². The highest BCUT2D eigenvalue weighted by atomic mass is 35.5. The first-order valence-corrected chi connectivity index (χ1v) is 6.22. The highest BCUT2D eigenvalue weighted by Gasteiger charge is 2.36. The molecule has 2 rings (SSSR count). The molecule has 0 aliphatic carbocycles. The number of aliphatic hydroxyl groups is 1. The molecule has 1 aromatic rings. The van der Waals surface area contributed by atoms with E-state index in [1.54, 1.807) is 18.2 Å². The Kier molecular flexibility index (Phi) is 4.07. The zero-order valence-electron chi connectivity index (χ0n) is 10.4. The summed E-state index contributed by atoms with van der Waals surface area (Å²) >= 11 is 5.91. The SMILES string of the molecule is COC(=O)C1CC(=O)N(c2cc(Cl)ccc2CO)C1. The average Bonchev–Trinajstić information content (AvgIpc) is 2.79. The van der Waals surface area contributed by atoms with Crippen LogP contribution in [-0.4, -0.2) is 30.6 Å². The first-order chi connectivity index (χ1) is 9.06. The summed E-state index contributed by atoms with van der Waals surface area (Å²) in [5.74, 6) is -1.04. The molecule has 1 unspecified atom stereocenters. The number of benzene rings is 1. The fraction of sp³-hybridized carbons (Fsp3) is 0.385. The van der Waals surface area contributed by atoms with Crippen LogP contribution in [0.1, 0.15) is 12.0 Å². The Bertz CT molecular complexity index is 517. The van der Waals surface area contributed by atoms with Gasteiger partial charge in [0, 0.05) is 23.6 Å². The normalized spacial score (nSPS) is 18.8. The second kappa shape index (κ2) is 5.59. The number of carbonyl (C=O) groups is 2. The number of anilines is 1. The average molecular weight is 284 g/mol. The molecule has 1 fully saturated rings. The van der Waals surface area contributed by atoms with Gasteiger partial charge in [0.2, 0.25) is 5.91 Å². The van der Waals surface area contributed by atoms with Gasteiger partial charge < -0.3 is 14.7 Å². The van der Waals surface area contributed by atoms with E-state index in [2.05, 4.69) is 4.74 Å². The van der Waals surface area contributed by atoms with Gasteiger partial charge in [0.05, 0.1) is 25.3 Å². The van der Waals surface area contributed by atoms with Gasteiger partial charge in [-0.2, -0.15) is 0 Å². The number of methoxy groups -OCH3 is 1. The van der Waals surface area contributed by atoms with Crippen LogP contribution < -0.4 is 4.90 Å². The van der Waals surface area contributed by atoms with E-state index < -0.39 is 11.9 Å². The fourth-order valence-corrected chi connectivity index (χ4v) is 2.35. The molecule has 0 radical (unpaired) electrons. The van der Waals surface area contributed by atoms with Crippen molar-refractivity contribution in [2.75, 3.05) is 18.6 Å². The lowest BCUT2D eigenvalue weighted by atomic mass is 10.1. The van der Waals surface area contributed by atoms with Crippen LogP contribution in [-0.2, 0) is 20.9 Å². The first-order valence-electron chi connectivity index (χ1n) is 5.84. The number of ether oxygens (including phenoxy) is 1. The smallest absolute Gasteiger partial charge is 0.311 e. The van der Waals surface area contributed by atoms with E-state index in [0.29, 0.717) is 16.3 Å². The molecule has 0 bridgehead atoms. The van der Waals surface area contributed by atoms with Gasteiger partial charge in [-0.3, -0.25) is 9.59 Å². The van der Waals surface area contributed by atoms with E-state index in [4.69, 9.17) is 11.6 Å². The molecule has 1 saturated heterocycles. The van der Waals surface area contributed by atoms with Crippen LogP contribution in [0, 0.1) is 5.92 Å². The van der Waals surface area contributed by atoms with Crippen molar-refractivity contribution in [2.45, 2.75) is 13.0 Å². The number of nitrogens with zero attached hydrogens (tertiary/aromatic N) is 1. The first kappa shape index (κ1) is 13.8. The summed E-state index contributed by atoms with van der Waals surface area (Å²) in [5, 5.41) is 9.78. The topological polar surface area (TPSA) is 66.8 Å². The number of hydrogen-bond donors (Lipinski definition) is 1. The molecule has 1 amide bonds. The Morgan fingerprint density at radius 3 is 2.95 bits per heavy atom. The summed E-state index contributed by atoms with van der Waals surface area (Å²) in [4.78, 5) is 24.9. The quantitative estimate of drug-likeness (QED) is 0.851. The summed E-state index contributed by atoms with van der Waals surface area (Å²) in [6, 6.07) is 4.93. The lowest BCUT2D eigenvalue weighted by Crippen LogP contribution is -2.27. The third kappa shape index (κ3) is 2.72. The number of carbonyl (C=O) groups excluding carboxylic acids is 2. The van der Waals surface area contributed by atoms with Gasteiger partial charge in [-0.25, -0.2) is 0 Å². The van der Waals surface area contributed by atoms with Crippen molar-refractivity contribution >= 4 is 29.2 Å². The largest absolute Gasteiger partial charge is 0.469 e. The number of rotatable bonds is 3. The minimum Gasteiger partial charge on any atom is -0.469 e. The second-order valence-corrected chi connectivity index (χ2v) is 4.80. The summed E-state index contributed by atoms with van der Waals surface area (Å²) in [6.45, 7) is 0.0536. The molecule has 1 atom stereocenters. The minimum atomic E-state index is -0.469. The Morgan fingerprint density at radius 2 is 2.32 bits per heavy atom. The Balaban J connectivity index is 2.30. The van der Waals surface area contributed by atoms with Crippen LogP contribution in [0.4, 0.5) is 5.69 Å². The van der Waals surface area contributed by atoms with Gasteiger partial charge in [-0.1, -0.05) is 17.7 Å². The lowest BCUT2D eigenvalue weighted by Gasteiger charge is -2.19. The lowest BCUT2D eigenvalue weighted by molar-refractivity contribution is -0.145. The molecule has 6 heteroatoms. The molecule has 19 heavy (non-hydrogen) atoms. The minimum absolute atomic E-state index is 0.115. The maximum absolute atomic E-state index is 12.0. The Morgan fingerprint density at radius 1 is 1.58 bits per heavy atom. The molecule has 5 nitrogen and oxygen atoms in total. The van der Waals surface area contributed by atoms with E-state index in [0.717, 1.165) is 0 Å². The zero-order chi connectivity index (χ0) is 14.0. The maximum Gasteiger partial charge on any atom is 0.311 e. The van der Waals surface area contributed by atoms with Crippen molar-refractivity contribution in [2.24, 2.45) is 5.92 Å². The van der Waals surface area contributed by atoms with Crippen LogP contribution in [0.15, 0.2) is 18.2 Å². The van der Waals surface area contributed by atoms with Gasteiger partial charge in [-0.15, -0.1) is 0 Å². The number of halogens is 1. The van der Waals surface area contributed by atoms with Crippen molar-refractivity contribution in [3.63, 3.8) is 0 Å². The molecule has 1 N–H and O–H groups in total. The van der Waals surface area contributed by atoms with E-state index in [9.17, 15) is 14.7 Å². The van der Waals surface area contributed by atoms with Crippen molar-refractivity contribution in [3.8, 4) is 0 Å². The second-order valence-electron chi connectivity index (χ2n) is 4.36. The number of esters is 1. The van der Waals surface area contributed by atoms with E-state index in [1.165, 1.54) is 12.0 Å². The third-order valence-corrected chi connectivity index (χ3v) is 3.40. The molecule has 0 aromatic heterocycles. The Hall–Kier alpha value is -1.59. The van der Waals surface area contributed by atoms with Crippen molar-refractivity contribution in [3.05, 3.63) is 28.8 Å². The van der Waals surface area contributed by atoms with Crippen LogP contribution in [0.25, 0.3) is 0 Å². The number of hydrogen-bond acceptors (Lipinski definition) is 4. The predicted octanol–water partition coefficient (Wildman–Crippen LogP) is 1.36. The molecular weight excluding hydrogens is 270 g/mol. The van der Waals surface area contributed by atoms with Crippen LogP contribution in [0.5, 0.6) is 0 Å². The molecule has 1 heterocycles. The van der Waals surface area contributed by atoms with Crippen LogP contribution in [0.3, 0.4) is 0 Å². The molecule has 1 aliphatic heterocycles. The molecule has 1 aromatic carbocycles. The zero-order valence-corrected chi connectivity index (χ0v) is 11.2. The summed E-state index contributed by atoms with van der Waals surface area (Å²) in [7, 11) is 1.30. The predicted molar refractivity (Wildman–Crippen MR) is 69.9 cm³/mol. The fourth-order valence-electron chi connectivity index (χ4n) is 2.19. The summed E-state index contributed by atoms with van der Waals surface area (Å²) < 4.78 is 4.65. The summed E-state index contributed by atoms with van der Waals surface area (Å²) in [6.07, 6.45) is 0.115. The Labute approximate surface area is 115 Å². The van der Waals surface area contributed by atoms with Crippen molar-refractivity contribution in [1.82, 2.24) is 0 Å². The van der Waals surface area contributed by atoms with Crippen LogP contribution in [0.2, 0.25) is 5.02 Å². The molecule has 1 aliphatic rings. The maximum atomic E-state index is 12.0. The highest BCUT2D eigenvalue weighted by molar-refractivity contribution is 6.31. The van der Waals surface area contributed by atoms with Gasteiger partial charge >= 0.3 is 5.97 Å². The summed E-state index contributed by atoms with van der Waals surface area (Å²) in [5.41, 5.74) is 1.15. The van der Waals surface area contributed by atoms with Gasteiger partial charge in [0.1, 0.15) is 0 Å². The molecular formula is C13H14ClNO4. The molecule has 0 saturated carbocycles. The highest BCUT2D eigenvalue weighted by Crippen LogP contribution is 2.31.